The molecular formula is C9H14BrN3O. The highest BCUT2D eigenvalue weighted by Gasteiger charge is 2.21. The molecule has 1 aliphatic rings. The zero-order chi connectivity index (χ0) is 9.97. The summed E-state index contributed by atoms with van der Waals surface area (Å²) in [5, 5.41) is 17.0. The van der Waals surface area contributed by atoms with Crippen molar-refractivity contribution >= 4 is 15.9 Å². The van der Waals surface area contributed by atoms with Crippen molar-refractivity contribution in [2.75, 3.05) is 6.54 Å². The molecule has 0 aromatic carbocycles. The van der Waals surface area contributed by atoms with Gasteiger partial charge >= 0.3 is 0 Å². The molecule has 0 bridgehead atoms. The Balaban J connectivity index is 1.72. The van der Waals surface area contributed by atoms with E-state index in [1.165, 1.54) is 12.8 Å². The van der Waals surface area contributed by atoms with Crippen molar-refractivity contribution in [2.45, 2.75) is 31.5 Å². The van der Waals surface area contributed by atoms with Gasteiger partial charge in [-0.25, -0.2) is 0 Å². The molecule has 0 radical (unpaired) electrons. The van der Waals surface area contributed by atoms with Gasteiger partial charge in [0, 0.05) is 18.8 Å². The molecule has 0 saturated heterocycles. The third-order valence-corrected chi connectivity index (χ3v) is 2.63. The molecule has 1 aromatic heterocycles. The number of aromatic nitrogens is 2. The van der Waals surface area contributed by atoms with Crippen LogP contribution in [0.2, 0.25) is 0 Å². The summed E-state index contributed by atoms with van der Waals surface area (Å²) in [4.78, 5) is 0. The lowest BCUT2D eigenvalue weighted by atomic mass is 10.3. The van der Waals surface area contributed by atoms with Crippen LogP contribution in [0.5, 0.6) is 0 Å². The zero-order valence-electron chi connectivity index (χ0n) is 7.86. The molecule has 1 unspecified atom stereocenters. The van der Waals surface area contributed by atoms with E-state index in [0.29, 0.717) is 19.1 Å². The van der Waals surface area contributed by atoms with Gasteiger partial charge in [-0.1, -0.05) is 0 Å². The maximum absolute atomic E-state index is 9.65. The van der Waals surface area contributed by atoms with Gasteiger partial charge in [0.05, 0.1) is 23.3 Å². The molecule has 5 heteroatoms. The Hall–Kier alpha value is -0.390. The largest absolute Gasteiger partial charge is 0.390 e. The van der Waals surface area contributed by atoms with Gasteiger partial charge < -0.3 is 10.4 Å². The van der Waals surface area contributed by atoms with E-state index in [4.69, 9.17) is 0 Å². The zero-order valence-corrected chi connectivity index (χ0v) is 9.44. The van der Waals surface area contributed by atoms with E-state index in [-0.39, 0.29) is 6.10 Å². The van der Waals surface area contributed by atoms with Crippen molar-refractivity contribution in [3.05, 3.63) is 16.9 Å². The van der Waals surface area contributed by atoms with Crippen molar-refractivity contribution in [1.82, 2.24) is 15.1 Å². The Morgan fingerprint density at radius 1 is 1.71 bits per heavy atom. The van der Waals surface area contributed by atoms with Gasteiger partial charge in [-0.15, -0.1) is 0 Å². The molecule has 1 heterocycles. The van der Waals surface area contributed by atoms with Gasteiger partial charge in [0.25, 0.3) is 0 Å². The number of rotatable bonds is 5. The summed E-state index contributed by atoms with van der Waals surface area (Å²) in [7, 11) is 0. The average molecular weight is 260 g/mol. The normalized spacial score (nSPS) is 18.4. The summed E-state index contributed by atoms with van der Waals surface area (Å²) in [5.74, 6) is 0. The lowest BCUT2D eigenvalue weighted by molar-refractivity contribution is 0.146. The average Bonchev–Trinajstić information content (AvgIpc) is 2.88. The Kier molecular flexibility index (Phi) is 3.20. The van der Waals surface area contributed by atoms with E-state index in [2.05, 4.69) is 26.3 Å². The van der Waals surface area contributed by atoms with Crippen LogP contribution >= 0.6 is 15.9 Å². The molecule has 2 N–H and O–H groups in total. The van der Waals surface area contributed by atoms with Gasteiger partial charge in [0.15, 0.2) is 0 Å². The molecule has 1 aromatic rings. The third kappa shape index (κ3) is 3.08. The maximum Gasteiger partial charge on any atom is 0.0860 e. The Morgan fingerprint density at radius 3 is 3.07 bits per heavy atom. The second-order valence-corrected chi connectivity index (χ2v) is 4.63. The first-order valence-electron chi connectivity index (χ1n) is 4.83. The minimum Gasteiger partial charge on any atom is -0.390 e. The van der Waals surface area contributed by atoms with Gasteiger partial charge in [0.1, 0.15) is 0 Å². The van der Waals surface area contributed by atoms with Crippen LogP contribution in [-0.4, -0.2) is 33.6 Å². The fourth-order valence-corrected chi connectivity index (χ4v) is 1.64. The van der Waals surface area contributed by atoms with E-state index in [0.717, 1.165) is 4.47 Å². The Morgan fingerprint density at radius 2 is 2.50 bits per heavy atom. The fourth-order valence-electron chi connectivity index (χ4n) is 1.31. The number of nitrogens with one attached hydrogen (secondary N) is 1. The van der Waals surface area contributed by atoms with Crippen LogP contribution in [0.15, 0.2) is 16.9 Å². The smallest absolute Gasteiger partial charge is 0.0860 e. The van der Waals surface area contributed by atoms with E-state index in [1.54, 1.807) is 10.9 Å². The van der Waals surface area contributed by atoms with Crippen LogP contribution in [0, 0.1) is 0 Å². The summed E-state index contributed by atoms with van der Waals surface area (Å²) in [5.41, 5.74) is 0. The molecule has 78 valence electrons. The second kappa shape index (κ2) is 4.42. The molecule has 1 atom stereocenters. The molecule has 4 nitrogen and oxygen atoms in total. The molecule has 1 fully saturated rings. The molecule has 1 aliphatic carbocycles. The minimum absolute atomic E-state index is 0.359. The van der Waals surface area contributed by atoms with Gasteiger partial charge in [-0.3, -0.25) is 4.68 Å². The number of aliphatic hydroxyl groups excluding tert-OH is 1. The van der Waals surface area contributed by atoms with Crippen molar-refractivity contribution in [1.29, 1.82) is 0 Å². The minimum atomic E-state index is -0.359. The van der Waals surface area contributed by atoms with Crippen molar-refractivity contribution in [3.63, 3.8) is 0 Å². The third-order valence-electron chi connectivity index (χ3n) is 2.22. The van der Waals surface area contributed by atoms with Crippen molar-refractivity contribution in [2.24, 2.45) is 0 Å². The lowest BCUT2D eigenvalue weighted by Crippen LogP contribution is -2.31. The van der Waals surface area contributed by atoms with Crippen LogP contribution in [0.1, 0.15) is 12.8 Å². The molecule has 0 amide bonds. The standard InChI is InChI=1S/C9H14BrN3O/c10-7-3-12-13(5-7)6-9(14)4-11-8-1-2-8/h3,5,8-9,11,14H,1-2,4,6H2. The maximum atomic E-state index is 9.65. The van der Waals surface area contributed by atoms with Crippen LogP contribution in [0.3, 0.4) is 0 Å². The second-order valence-electron chi connectivity index (χ2n) is 3.72. The first-order chi connectivity index (χ1) is 6.74. The Labute approximate surface area is 91.4 Å². The number of nitrogens with zero attached hydrogens (tertiary/aromatic N) is 2. The van der Waals surface area contributed by atoms with Crippen molar-refractivity contribution in [3.8, 4) is 0 Å². The highest BCUT2D eigenvalue weighted by molar-refractivity contribution is 9.10. The van der Waals surface area contributed by atoms with Crippen LogP contribution in [0.4, 0.5) is 0 Å². The monoisotopic (exact) mass is 259 g/mol. The van der Waals surface area contributed by atoms with Crippen LogP contribution in [-0.2, 0) is 6.54 Å². The topological polar surface area (TPSA) is 50.1 Å². The predicted molar refractivity (Wildman–Crippen MR) is 57.0 cm³/mol. The summed E-state index contributed by atoms with van der Waals surface area (Å²) >= 11 is 3.31. The first-order valence-corrected chi connectivity index (χ1v) is 5.63. The number of aliphatic hydroxyl groups is 1. The molecule has 1 saturated carbocycles. The fraction of sp³-hybridized carbons (Fsp3) is 0.667. The highest BCUT2D eigenvalue weighted by atomic mass is 79.9. The molecule has 14 heavy (non-hydrogen) atoms. The van der Waals surface area contributed by atoms with E-state index in [1.807, 2.05) is 6.20 Å². The molecule has 2 rings (SSSR count). The number of hydrogen-bond donors (Lipinski definition) is 2. The van der Waals surface area contributed by atoms with Crippen LogP contribution in [0.25, 0.3) is 0 Å². The summed E-state index contributed by atoms with van der Waals surface area (Å²) in [6.07, 6.45) is 5.73. The van der Waals surface area contributed by atoms with E-state index >= 15 is 0 Å². The molecule has 0 aliphatic heterocycles. The van der Waals surface area contributed by atoms with Gasteiger partial charge in [0.2, 0.25) is 0 Å². The SMILES string of the molecule is OC(CNC1CC1)Cn1cc(Br)cn1. The number of hydrogen-bond acceptors (Lipinski definition) is 3. The molecule has 0 spiro atoms. The summed E-state index contributed by atoms with van der Waals surface area (Å²) in [6, 6.07) is 0.647. The van der Waals surface area contributed by atoms with Crippen LogP contribution < -0.4 is 5.32 Å². The summed E-state index contributed by atoms with van der Waals surface area (Å²) < 4.78 is 2.68. The van der Waals surface area contributed by atoms with Gasteiger partial charge in [-0.05, 0) is 28.8 Å². The number of halogens is 1. The van der Waals surface area contributed by atoms with E-state index < -0.39 is 0 Å². The first kappa shape index (κ1) is 10.1. The quantitative estimate of drug-likeness (QED) is 0.821. The van der Waals surface area contributed by atoms with Gasteiger partial charge in [-0.2, -0.15) is 5.10 Å². The lowest BCUT2D eigenvalue weighted by Gasteiger charge is -2.10. The predicted octanol–water partition coefficient (Wildman–Crippen LogP) is 0.758. The van der Waals surface area contributed by atoms with Crippen molar-refractivity contribution < 1.29 is 5.11 Å². The van der Waals surface area contributed by atoms with E-state index in [9.17, 15) is 5.11 Å². The summed E-state index contributed by atoms with van der Waals surface area (Å²) in [6.45, 7) is 1.20. The Bertz CT molecular complexity index is 298. The highest BCUT2D eigenvalue weighted by Crippen LogP contribution is 2.18. The molecular weight excluding hydrogens is 246 g/mol.